The van der Waals surface area contributed by atoms with Crippen LogP contribution in [0.15, 0.2) is 30.5 Å². The third-order valence-corrected chi connectivity index (χ3v) is 3.55. The van der Waals surface area contributed by atoms with E-state index in [2.05, 4.69) is 15.0 Å². The van der Waals surface area contributed by atoms with Crippen molar-refractivity contribution in [3.05, 3.63) is 41.3 Å². The van der Waals surface area contributed by atoms with Crippen LogP contribution in [-0.4, -0.2) is 27.2 Å². The molecule has 2 N–H and O–H groups in total. The van der Waals surface area contributed by atoms with E-state index >= 15 is 0 Å². The van der Waals surface area contributed by atoms with Crippen LogP contribution in [0.5, 0.6) is 5.88 Å². The lowest BCUT2D eigenvalue weighted by Gasteiger charge is -2.06. The van der Waals surface area contributed by atoms with Gasteiger partial charge in [0.15, 0.2) is 0 Å². The smallest absolute Gasteiger partial charge is 0.213 e. The number of hydrogen-bond donors (Lipinski definition) is 2. The van der Waals surface area contributed by atoms with Gasteiger partial charge in [-0.3, -0.25) is 0 Å². The monoisotopic (exact) mass is 303 g/mol. The fourth-order valence-electron chi connectivity index (χ4n) is 2.15. The standard InChI is InChI=1S/C15H14ClN3O2/c1-8(20)15-18-12-4-3-9(5-13(12)19-15)10-6-14(21-2)17-7-11(10)16/h3-8,20H,1-2H3,(H,18,19). The number of H-pyrrole nitrogens is 1. The minimum atomic E-state index is -0.634. The van der Waals surface area contributed by atoms with Crippen LogP contribution in [0.2, 0.25) is 5.02 Å². The van der Waals surface area contributed by atoms with E-state index in [1.807, 2.05) is 18.2 Å². The van der Waals surface area contributed by atoms with Crippen LogP contribution in [0.3, 0.4) is 0 Å². The van der Waals surface area contributed by atoms with Gasteiger partial charge in [0.1, 0.15) is 11.9 Å². The average molecular weight is 304 g/mol. The van der Waals surface area contributed by atoms with Crippen molar-refractivity contribution in [1.82, 2.24) is 15.0 Å². The SMILES string of the molecule is COc1cc(-c2ccc3nc(C(C)O)[nH]c3c2)c(Cl)cn1. The summed E-state index contributed by atoms with van der Waals surface area (Å²) in [7, 11) is 1.56. The van der Waals surface area contributed by atoms with Crippen molar-refractivity contribution >= 4 is 22.6 Å². The van der Waals surface area contributed by atoms with Crippen LogP contribution < -0.4 is 4.74 Å². The minimum Gasteiger partial charge on any atom is -0.481 e. The number of hydrogen-bond acceptors (Lipinski definition) is 4. The first kappa shape index (κ1) is 13.9. The molecule has 1 unspecified atom stereocenters. The van der Waals surface area contributed by atoms with Gasteiger partial charge in [0.25, 0.3) is 0 Å². The van der Waals surface area contributed by atoms with Crippen molar-refractivity contribution in [2.24, 2.45) is 0 Å². The Labute approximate surface area is 126 Å². The van der Waals surface area contributed by atoms with Crippen molar-refractivity contribution < 1.29 is 9.84 Å². The van der Waals surface area contributed by atoms with E-state index in [0.717, 1.165) is 22.2 Å². The second-order valence-electron chi connectivity index (χ2n) is 4.74. The van der Waals surface area contributed by atoms with Gasteiger partial charge in [-0.1, -0.05) is 17.7 Å². The Kier molecular flexibility index (Phi) is 3.53. The molecule has 0 aliphatic rings. The molecule has 3 rings (SSSR count). The Hall–Kier alpha value is -2.11. The summed E-state index contributed by atoms with van der Waals surface area (Å²) in [6.07, 6.45) is 0.930. The Morgan fingerprint density at radius 3 is 2.86 bits per heavy atom. The third-order valence-electron chi connectivity index (χ3n) is 3.25. The van der Waals surface area contributed by atoms with Gasteiger partial charge < -0.3 is 14.8 Å². The summed E-state index contributed by atoms with van der Waals surface area (Å²) in [6.45, 7) is 1.67. The van der Waals surface area contributed by atoms with Crippen LogP contribution >= 0.6 is 11.6 Å². The Balaban J connectivity index is 2.12. The van der Waals surface area contributed by atoms with Crippen LogP contribution in [0, 0.1) is 0 Å². The van der Waals surface area contributed by atoms with Crippen LogP contribution in [0.1, 0.15) is 18.9 Å². The number of imidazole rings is 1. The van der Waals surface area contributed by atoms with Crippen LogP contribution in [-0.2, 0) is 0 Å². The van der Waals surface area contributed by atoms with Gasteiger partial charge in [-0.2, -0.15) is 0 Å². The van der Waals surface area contributed by atoms with Gasteiger partial charge in [0.05, 0.1) is 29.4 Å². The molecule has 5 nitrogen and oxygen atoms in total. The molecule has 2 aromatic heterocycles. The fourth-order valence-corrected chi connectivity index (χ4v) is 2.36. The van der Waals surface area contributed by atoms with Crippen molar-refractivity contribution in [2.45, 2.75) is 13.0 Å². The maximum Gasteiger partial charge on any atom is 0.213 e. The van der Waals surface area contributed by atoms with Crippen molar-refractivity contribution in [2.75, 3.05) is 7.11 Å². The Bertz CT molecular complexity index is 799. The number of methoxy groups -OCH3 is 1. The highest BCUT2D eigenvalue weighted by Gasteiger charge is 2.11. The van der Waals surface area contributed by atoms with E-state index in [-0.39, 0.29) is 0 Å². The van der Waals surface area contributed by atoms with E-state index in [9.17, 15) is 5.11 Å². The van der Waals surface area contributed by atoms with E-state index in [0.29, 0.717) is 16.7 Å². The number of ether oxygens (including phenoxy) is 1. The second kappa shape index (κ2) is 5.35. The number of halogens is 1. The van der Waals surface area contributed by atoms with E-state index in [1.54, 1.807) is 26.3 Å². The third kappa shape index (κ3) is 2.57. The molecule has 108 valence electrons. The lowest BCUT2D eigenvalue weighted by molar-refractivity contribution is 0.190. The number of fused-ring (bicyclic) bond motifs is 1. The van der Waals surface area contributed by atoms with E-state index < -0.39 is 6.10 Å². The maximum atomic E-state index is 9.58. The molecule has 21 heavy (non-hydrogen) atoms. The number of pyridine rings is 1. The first-order chi connectivity index (χ1) is 10.1. The number of nitrogens with one attached hydrogen (secondary N) is 1. The molecule has 2 heterocycles. The van der Waals surface area contributed by atoms with Gasteiger partial charge in [-0.15, -0.1) is 0 Å². The molecule has 0 aliphatic heterocycles. The lowest BCUT2D eigenvalue weighted by Crippen LogP contribution is -1.92. The molecule has 0 amide bonds. The summed E-state index contributed by atoms with van der Waals surface area (Å²) in [5.41, 5.74) is 3.40. The topological polar surface area (TPSA) is 71.0 Å². The van der Waals surface area contributed by atoms with Gasteiger partial charge in [-0.25, -0.2) is 9.97 Å². The number of aromatic nitrogens is 3. The lowest BCUT2D eigenvalue weighted by atomic mass is 10.1. The molecule has 3 aromatic rings. The molecule has 0 spiro atoms. The molecular formula is C15H14ClN3O2. The number of nitrogens with zero attached hydrogens (tertiary/aromatic N) is 2. The van der Waals surface area contributed by atoms with Crippen molar-refractivity contribution in [3.63, 3.8) is 0 Å². The number of benzene rings is 1. The molecule has 0 radical (unpaired) electrons. The number of aliphatic hydroxyl groups is 1. The van der Waals surface area contributed by atoms with Gasteiger partial charge >= 0.3 is 0 Å². The fraction of sp³-hybridized carbons (Fsp3) is 0.200. The van der Waals surface area contributed by atoms with Crippen molar-refractivity contribution in [3.8, 4) is 17.0 Å². The Morgan fingerprint density at radius 2 is 2.14 bits per heavy atom. The number of aromatic amines is 1. The zero-order chi connectivity index (χ0) is 15.0. The summed E-state index contributed by atoms with van der Waals surface area (Å²) in [5, 5.41) is 10.1. The summed E-state index contributed by atoms with van der Waals surface area (Å²) in [4.78, 5) is 11.5. The molecule has 1 atom stereocenters. The largest absolute Gasteiger partial charge is 0.481 e. The molecule has 0 bridgehead atoms. The van der Waals surface area contributed by atoms with Gasteiger partial charge in [0, 0.05) is 11.6 Å². The molecule has 0 aliphatic carbocycles. The molecule has 1 aromatic carbocycles. The molecule has 0 saturated heterocycles. The number of rotatable bonds is 3. The zero-order valence-corrected chi connectivity index (χ0v) is 12.3. The molecule has 0 saturated carbocycles. The van der Waals surface area contributed by atoms with E-state index in [4.69, 9.17) is 16.3 Å². The quantitative estimate of drug-likeness (QED) is 0.778. The molecular weight excluding hydrogens is 290 g/mol. The van der Waals surface area contributed by atoms with Gasteiger partial charge in [0.2, 0.25) is 5.88 Å². The maximum absolute atomic E-state index is 9.58. The predicted molar refractivity (Wildman–Crippen MR) is 81.5 cm³/mol. The minimum absolute atomic E-state index is 0.503. The van der Waals surface area contributed by atoms with Gasteiger partial charge in [-0.05, 0) is 24.6 Å². The van der Waals surface area contributed by atoms with Crippen LogP contribution in [0.25, 0.3) is 22.2 Å². The summed E-state index contributed by atoms with van der Waals surface area (Å²) >= 11 is 6.21. The zero-order valence-electron chi connectivity index (χ0n) is 11.6. The normalized spacial score (nSPS) is 12.6. The summed E-state index contributed by atoms with van der Waals surface area (Å²) < 4.78 is 5.13. The molecule has 0 fully saturated rings. The first-order valence-electron chi connectivity index (χ1n) is 6.46. The average Bonchev–Trinajstić information content (AvgIpc) is 2.91. The highest BCUT2D eigenvalue weighted by Crippen LogP contribution is 2.31. The van der Waals surface area contributed by atoms with Crippen LogP contribution in [0.4, 0.5) is 0 Å². The Morgan fingerprint density at radius 1 is 1.33 bits per heavy atom. The highest BCUT2D eigenvalue weighted by molar-refractivity contribution is 6.33. The highest BCUT2D eigenvalue weighted by atomic mass is 35.5. The summed E-state index contributed by atoms with van der Waals surface area (Å²) in [5.74, 6) is 1.05. The predicted octanol–water partition coefficient (Wildman–Crippen LogP) is 3.34. The molecule has 6 heteroatoms. The number of aliphatic hydroxyl groups excluding tert-OH is 1. The van der Waals surface area contributed by atoms with E-state index in [1.165, 1.54) is 0 Å². The summed E-state index contributed by atoms with van der Waals surface area (Å²) in [6, 6.07) is 7.54. The second-order valence-corrected chi connectivity index (χ2v) is 5.14. The first-order valence-corrected chi connectivity index (χ1v) is 6.84. The van der Waals surface area contributed by atoms with Crippen molar-refractivity contribution in [1.29, 1.82) is 0 Å².